The molecular formula is C28H33FN2O3S. The molecule has 0 unspecified atom stereocenters. The first-order valence-electron chi connectivity index (χ1n) is 12.7. The first kappa shape index (κ1) is 24.5. The minimum Gasteiger partial charge on any atom is -0.395 e. The molecule has 1 saturated carbocycles. The molecule has 35 heavy (non-hydrogen) atoms. The fourth-order valence-corrected chi connectivity index (χ4v) is 7.42. The molecule has 2 aromatic carbocycles. The van der Waals surface area contributed by atoms with Crippen molar-refractivity contribution in [2.24, 2.45) is 5.92 Å². The van der Waals surface area contributed by atoms with Gasteiger partial charge in [0.1, 0.15) is 5.82 Å². The van der Waals surface area contributed by atoms with Crippen molar-refractivity contribution in [1.82, 2.24) is 9.21 Å². The number of halogens is 1. The maximum Gasteiger partial charge on any atom is 0.243 e. The number of rotatable bonds is 4. The van der Waals surface area contributed by atoms with Gasteiger partial charge in [-0.2, -0.15) is 4.31 Å². The minimum absolute atomic E-state index is 0.0157. The molecule has 2 aliphatic heterocycles. The van der Waals surface area contributed by atoms with Crippen molar-refractivity contribution in [2.45, 2.75) is 61.4 Å². The zero-order valence-electron chi connectivity index (χ0n) is 19.9. The second-order valence-corrected chi connectivity index (χ2v) is 11.9. The van der Waals surface area contributed by atoms with Gasteiger partial charge in [0.05, 0.1) is 11.5 Å². The summed E-state index contributed by atoms with van der Waals surface area (Å²) in [6.45, 7) is 1.68. The number of aliphatic hydroxyl groups is 1. The summed E-state index contributed by atoms with van der Waals surface area (Å²) in [6.07, 6.45) is 6.55. The van der Waals surface area contributed by atoms with Crippen LogP contribution in [0.3, 0.4) is 0 Å². The van der Waals surface area contributed by atoms with Gasteiger partial charge >= 0.3 is 0 Å². The lowest BCUT2D eigenvalue weighted by Gasteiger charge is -2.57. The normalized spacial score (nSPS) is 26.2. The molecule has 3 atom stereocenters. The maximum absolute atomic E-state index is 13.4. The Morgan fingerprint density at radius 1 is 0.943 bits per heavy atom. The molecule has 7 heteroatoms. The molecule has 2 heterocycles. The van der Waals surface area contributed by atoms with E-state index in [9.17, 15) is 17.9 Å². The highest BCUT2D eigenvalue weighted by Gasteiger charge is 2.50. The molecule has 186 valence electrons. The fourth-order valence-electron chi connectivity index (χ4n) is 5.93. The first-order chi connectivity index (χ1) is 17.0. The molecule has 0 amide bonds. The summed E-state index contributed by atoms with van der Waals surface area (Å²) >= 11 is 0. The van der Waals surface area contributed by atoms with Crippen LogP contribution in [0.5, 0.6) is 0 Å². The summed E-state index contributed by atoms with van der Waals surface area (Å²) in [4.78, 5) is 2.37. The standard InChI is InChI=1S/C28H33FN2O3S/c29-24-13-15-25(16-14-24)35(33,34)30-17-3-4-18-31-26(19-30)28(27(31)20-32)23-11-9-22(10-12-23)8-7-21-5-1-2-6-21/h9-16,21,26-28,32H,1-6,17-20H2/t26-,27-,28-/m0/s1. The Morgan fingerprint density at radius 2 is 1.63 bits per heavy atom. The van der Waals surface area contributed by atoms with Crippen LogP contribution in [0.25, 0.3) is 0 Å². The molecule has 1 N–H and O–H groups in total. The van der Waals surface area contributed by atoms with Crippen LogP contribution in [-0.4, -0.2) is 61.1 Å². The van der Waals surface area contributed by atoms with E-state index in [2.05, 4.69) is 28.9 Å². The lowest BCUT2D eigenvalue weighted by molar-refractivity contribution is -0.0553. The van der Waals surface area contributed by atoms with Crippen LogP contribution >= 0.6 is 0 Å². The molecule has 0 spiro atoms. The molecule has 1 aliphatic carbocycles. The third-order valence-corrected chi connectivity index (χ3v) is 9.73. The van der Waals surface area contributed by atoms with E-state index in [-0.39, 0.29) is 29.5 Å². The number of nitrogens with zero attached hydrogens (tertiary/aromatic N) is 2. The Labute approximate surface area is 208 Å². The summed E-state index contributed by atoms with van der Waals surface area (Å²) in [5.41, 5.74) is 2.10. The largest absolute Gasteiger partial charge is 0.395 e. The fraction of sp³-hybridized carbons (Fsp3) is 0.500. The zero-order chi connectivity index (χ0) is 24.4. The molecule has 0 bridgehead atoms. The Kier molecular flexibility index (Phi) is 7.26. The highest BCUT2D eigenvalue weighted by atomic mass is 32.2. The average Bonchev–Trinajstić information content (AvgIpc) is 3.36. The van der Waals surface area contributed by atoms with E-state index in [0.29, 0.717) is 19.0 Å². The third-order valence-electron chi connectivity index (χ3n) is 7.86. The van der Waals surface area contributed by atoms with Crippen molar-refractivity contribution in [1.29, 1.82) is 0 Å². The Balaban J connectivity index is 1.37. The second kappa shape index (κ2) is 10.4. The monoisotopic (exact) mass is 496 g/mol. The molecule has 3 fully saturated rings. The number of fused-ring (bicyclic) bond motifs is 1. The second-order valence-electron chi connectivity index (χ2n) is 9.98. The number of sulfonamides is 1. The number of hydrogen-bond donors (Lipinski definition) is 1. The summed E-state index contributed by atoms with van der Waals surface area (Å²) < 4.78 is 41.7. The van der Waals surface area contributed by atoms with E-state index in [1.165, 1.54) is 49.9 Å². The van der Waals surface area contributed by atoms with Gasteiger partial charge in [0, 0.05) is 42.6 Å². The van der Waals surface area contributed by atoms with Crippen LogP contribution in [0.4, 0.5) is 4.39 Å². The number of benzene rings is 2. The molecule has 2 saturated heterocycles. The van der Waals surface area contributed by atoms with Crippen molar-refractivity contribution < 1.29 is 17.9 Å². The van der Waals surface area contributed by atoms with Gasteiger partial charge in [0.25, 0.3) is 0 Å². The highest BCUT2D eigenvalue weighted by molar-refractivity contribution is 7.89. The van der Waals surface area contributed by atoms with Gasteiger partial charge in [-0.3, -0.25) is 4.90 Å². The van der Waals surface area contributed by atoms with Crippen molar-refractivity contribution in [3.05, 3.63) is 65.5 Å². The average molecular weight is 497 g/mol. The molecule has 2 aromatic rings. The molecular weight excluding hydrogens is 463 g/mol. The van der Waals surface area contributed by atoms with Gasteiger partial charge in [-0.05, 0) is 74.2 Å². The summed E-state index contributed by atoms with van der Waals surface area (Å²) in [7, 11) is -3.73. The lowest BCUT2D eigenvalue weighted by Crippen LogP contribution is -2.67. The van der Waals surface area contributed by atoms with E-state index in [0.717, 1.165) is 30.5 Å². The minimum atomic E-state index is -3.73. The number of hydrogen-bond acceptors (Lipinski definition) is 4. The van der Waals surface area contributed by atoms with Crippen LogP contribution in [0.15, 0.2) is 53.4 Å². The molecule has 5 nitrogen and oxygen atoms in total. The summed E-state index contributed by atoms with van der Waals surface area (Å²) in [5.74, 6) is 6.81. The van der Waals surface area contributed by atoms with Crippen molar-refractivity contribution in [3.63, 3.8) is 0 Å². The van der Waals surface area contributed by atoms with Crippen molar-refractivity contribution >= 4 is 10.0 Å². The van der Waals surface area contributed by atoms with Gasteiger partial charge in [0.15, 0.2) is 0 Å². The highest BCUT2D eigenvalue weighted by Crippen LogP contribution is 2.42. The van der Waals surface area contributed by atoms with Crippen LogP contribution in [0, 0.1) is 23.6 Å². The molecule has 0 aromatic heterocycles. The van der Waals surface area contributed by atoms with Crippen LogP contribution < -0.4 is 0 Å². The van der Waals surface area contributed by atoms with E-state index in [4.69, 9.17) is 0 Å². The van der Waals surface area contributed by atoms with Gasteiger partial charge in [-0.15, -0.1) is 0 Å². The van der Waals surface area contributed by atoms with Crippen LogP contribution in [-0.2, 0) is 10.0 Å². The smallest absolute Gasteiger partial charge is 0.243 e. The summed E-state index contributed by atoms with van der Waals surface area (Å²) in [6, 6.07) is 13.3. The molecule has 5 rings (SSSR count). The SMILES string of the molecule is O=S(=O)(c1ccc(F)cc1)N1CCCCN2[C@@H](CO)[C@@H](c3ccc(C#CC4CCCC4)cc3)[C@@H]2C1. The predicted molar refractivity (Wildman–Crippen MR) is 134 cm³/mol. The van der Waals surface area contributed by atoms with Gasteiger partial charge in [0.2, 0.25) is 10.0 Å². The molecule has 3 aliphatic rings. The molecule has 0 radical (unpaired) electrons. The van der Waals surface area contributed by atoms with Crippen molar-refractivity contribution in [2.75, 3.05) is 26.2 Å². The predicted octanol–water partition coefficient (Wildman–Crippen LogP) is 3.98. The topological polar surface area (TPSA) is 60.9 Å². The van der Waals surface area contributed by atoms with E-state index < -0.39 is 15.8 Å². The maximum atomic E-state index is 13.4. The number of aliphatic hydroxyl groups excluding tert-OH is 1. The quantitative estimate of drug-likeness (QED) is 0.651. The van der Waals surface area contributed by atoms with E-state index in [1.807, 2.05) is 12.1 Å². The van der Waals surface area contributed by atoms with E-state index >= 15 is 0 Å². The zero-order valence-corrected chi connectivity index (χ0v) is 20.8. The van der Waals surface area contributed by atoms with Crippen LogP contribution in [0.2, 0.25) is 0 Å². The third kappa shape index (κ3) is 5.03. The Bertz CT molecular complexity index is 1180. The first-order valence-corrected chi connectivity index (χ1v) is 14.2. The summed E-state index contributed by atoms with van der Waals surface area (Å²) in [5, 5.41) is 10.2. The van der Waals surface area contributed by atoms with Crippen LogP contribution in [0.1, 0.15) is 55.6 Å². The van der Waals surface area contributed by atoms with Gasteiger partial charge in [-0.25, -0.2) is 12.8 Å². The van der Waals surface area contributed by atoms with Gasteiger partial charge in [-0.1, -0.05) is 36.8 Å². The Hall–Kier alpha value is -2.24. The Morgan fingerprint density at radius 3 is 2.31 bits per heavy atom. The van der Waals surface area contributed by atoms with Gasteiger partial charge < -0.3 is 5.11 Å². The van der Waals surface area contributed by atoms with E-state index in [1.54, 1.807) is 4.31 Å². The lowest BCUT2D eigenvalue weighted by atomic mass is 9.74. The van der Waals surface area contributed by atoms with Crippen molar-refractivity contribution in [3.8, 4) is 11.8 Å².